The molecule has 0 aliphatic rings. The first-order chi connectivity index (χ1) is 17.7. The fourth-order valence-corrected chi connectivity index (χ4v) is 4.37. The molecule has 3 aromatic rings. The average molecular weight is 527 g/mol. The van der Waals surface area contributed by atoms with Crippen LogP contribution in [0.3, 0.4) is 0 Å². The van der Waals surface area contributed by atoms with Crippen molar-refractivity contribution in [2.45, 2.75) is 6.04 Å². The van der Waals surface area contributed by atoms with Crippen molar-refractivity contribution in [3.05, 3.63) is 64.7 Å². The predicted molar refractivity (Wildman–Crippen MR) is 143 cm³/mol. The van der Waals surface area contributed by atoms with Crippen LogP contribution in [0.25, 0.3) is 0 Å². The molecule has 0 spiro atoms. The monoisotopic (exact) mass is 526 g/mol. The molecular weight excluding hydrogens is 496 g/mol. The third kappa shape index (κ3) is 6.16. The van der Waals surface area contributed by atoms with Crippen molar-refractivity contribution < 1.29 is 23.9 Å². The highest BCUT2D eigenvalue weighted by atomic mass is 32.1. The number of nitrogens with zero attached hydrogens (tertiary/aromatic N) is 3. The van der Waals surface area contributed by atoms with E-state index in [4.69, 9.17) is 20.9 Å². The molecule has 196 valence electrons. The lowest BCUT2D eigenvalue weighted by atomic mass is 10.0. The highest BCUT2D eigenvalue weighted by Gasteiger charge is 2.36. The minimum atomic E-state index is -1.11. The van der Waals surface area contributed by atoms with Gasteiger partial charge in [0.25, 0.3) is 11.8 Å². The predicted octanol–water partition coefficient (Wildman–Crippen LogP) is 2.05. The molecule has 3 rings (SSSR count). The summed E-state index contributed by atoms with van der Waals surface area (Å²) in [5.41, 5.74) is 13.0. The Kier molecular flexibility index (Phi) is 9.04. The van der Waals surface area contributed by atoms with Crippen LogP contribution in [0.2, 0.25) is 0 Å². The first-order valence-corrected chi connectivity index (χ1v) is 12.0. The van der Waals surface area contributed by atoms with Gasteiger partial charge in [0.15, 0.2) is 5.69 Å². The van der Waals surface area contributed by atoms with Gasteiger partial charge in [0.1, 0.15) is 16.7 Å². The number of hydrogen-bond donors (Lipinski definition) is 3. The second-order valence-corrected chi connectivity index (χ2v) is 8.96. The molecule has 0 saturated heterocycles. The van der Waals surface area contributed by atoms with Crippen LogP contribution in [-0.2, 0) is 9.53 Å². The minimum absolute atomic E-state index is 0.0174. The SMILES string of the molecule is COCCNC(=O)[C@H](c1ccc(N(C)C)cc1)N(C(=O)c1snc(C(N)=O)c1N)c1cccc(OC)c1. The lowest BCUT2D eigenvalue weighted by molar-refractivity contribution is -0.122. The van der Waals surface area contributed by atoms with Crippen LogP contribution in [0, 0.1) is 0 Å². The molecule has 37 heavy (non-hydrogen) atoms. The first-order valence-electron chi connectivity index (χ1n) is 11.3. The summed E-state index contributed by atoms with van der Waals surface area (Å²) in [4.78, 5) is 42.6. The molecule has 11 nitrogen and oxygen atoms in total. The standard InChI is InChI=1S/C25H30N6O5S/c1-30(2)16-10-8-15(9-11-16)21(24(33)28-12-13-35-3)31(17-6-5-7-18(14-17)36-4)25(34)22-19(26)20(23(27)32)29-37-22/h5-11,14,21H,12-13,26H2,1-4H3,(H2,27,32)(H,28,33)/t21-/m0/s1. The molecule has 5 N–H and O–H groups in total. The van der Waals surface area contributed by atoms with Gasteiger partial charge in [-0.15, -0.1) is 0 Å². The molecule has 1 atom stereocenters. The second-order valence-electron chi connectivity index (χ2n) is 8.19. The van der Waals surface area contributed by atoms with Gasteiger partial charge in [-0.05, 0) is 41.4 Å². The largest absolute Gasteiger partial charge is 0.497 e. The summed E-state index contributed by atoms with van der Waals surface area (Å²) in [7, 11) is 6.83. The second kappa shape index (κ2) is 12.2. The fraction of sp³-hybridized carbons (Fsp3) is 0.280. The number of nitrogens with two attached hydrogens (primary N) is 2. The van der Waals surface area contributed by atoms with Gasteiger partial charge in [0.2, 0.25) is 5.91 Å². The Morgan fingerprint density at radius 2 is 1.78 bits per heavy atom. The zero-order valence-electron chi connectivity index (χ0n) is 21.1. The summed E-state index contributed by atoms with van der Waals surface area (Å²) in [5, 5.41) is 2.83. The highest BCUT2D eigenvalue weighted by molar-refractivity contribution is 7.09. The molecule has 1 heterocycles. The number of primary amides is 1. The Labute approximate surface area is 219 Å². The third-order valence-electron chi connectivity index (χ3n) is 5.54. The van der Waals surface area contributed by atoms with E-state index in [1.165, 1.54) is 19.1 Å². The molecule has 0 radical (unpaired) electrons. The third-order valence-corrected chi connectivity index (χ3v) is 6.39. The number of methoxy groups -OCH3 is 2. The number of nitrogens with one attached hydrogen (secondary N) is 1. The molecular formula is C25H30N6O5S. The van der Waals surface area contributed by atoms with Crippen molar-refractivity contribution in [2.24, 2.45) is 5.73 Å². The van der Waals surface area contributed by atoms with Crippen molar-refractivity contribution in [2.75, 3.05) is 57.0 Å². The number of rotatable bonds is 11. The topological polar surface area (TPSA) is 153 Å². The van der Waals surface area contributed by atoms with Crippen LogP contribution in [0.4, 0.5) is 17.1 Å². The number of carbonyl (C=O) groups excluding carboxylic acids is 3. The van der Waals surface area contributed by atoms with Gasteiger partial charge in [-0.2, -0.15) is 4.37 Å². The first kappa shape index (κ1) is 27.4. The van der Waals surface area contributed by atoms with E-state index >= 15 is 0 Å². The average Bonchev–Trinajstić information content (AvgIpc) is 3.28. The lowest BCUT2D eigenvalue weighted by Crippen LogP contribution is -2.44. The van der Waals surface area contributed by atoms with E-state index in [0.717, 1.165) is 17.2 Å². The van der Waals surface area contributed by atoms with Crippen LogP contribution in [0.5, 0.6) is 5.75 Å². The van der Waals surface area contributed by atoms with E-state index in [1.807, 2.05) is 31.1 Å². The van der Waals surface area contributed by atoms with Crippen LogP contribution in [0.1, 0.15) is 31.8 Å². The molecule has 0 unspecified atom stereocenters. The van der Waals surface area contributed by atoms with Crippen molar-refractivity contribution in [1.29, 1.82) is 0 Å². The number of carbonyl (C=O) groups is 3. The zero-order chi connectivity index (χ0) is 27.1. The van der Waals surface area contributed by atoms with Crippen LogP contribution in [0.15, 0.2) is 48.5 Å². The number of benzene rings is 2. The quantitative estimate of drug-likeness (QED) is 0.321. The van der Waals surface area contributed by atoms with E-state index in [0.29, 0.717) is 17.0 Å². The maximum atomic E-state index is 14.0. The smallest absolute Gasteiger partial charge is 0.273 e. The summed E-state index contributed by atoms with van der Waals surface area (Å²) in [6.45, 7) is 0.519. The van der Waals surface area contributed by atoms with E-state index in [-0.39, 0.29) is 29.4 Å². The van der Waals surface area contributed by atoms with E-state index < -0.39 is 23.8 Å². The summed E-state index contributed by atoms with van der Waals surface area (Å²) >= 11 is 0.741. The van der Waals surface area contributed by atoms with E-state index in [1.54, 1.807) is 36.4 Å². The Bertz CT molecular complexity index is 1260. The van der Waals surface area contributed by atoms with Gasteiger partial charge < -0.3 is 31.2 Å². The molecule has 0 bridgehead atoms. The number of anilines is 3. The Balaban J connectivity index is 2.20. The minimum Gasteiger partial charge on any atom is -0.497 e. The Hall–Kier alpha value is -4.16. The molecule has 0 aliphatic heterocycles. The van der Waals surface area contributed by atoms with E-state index in [9.17, 15) is 14.4 Å². The van der Waals surface area contributed by atoms with Crippen molar-refractivity contribution in [3.63, 3.8) is 0 Å². The van der Waals surface area contributed by atoms with Gasteiger partial charge in [-0.25, -0.2) is 0 Å². The molecule has 3 amide bonds. The molecule has 12 heteroatoms. The summed E-state index contributed by atoms with van der Waals surface area (Å²) in [6.07, 6.45) is 0. The summed E-state index contributed by atoms with van der Waals surface area (Å²) in [6, 6.07) is 12.9. The Morgan fingerprint density at radius 3 is 2.35 bits per heavy atom. The van der Waals surface area contributed by atoms with Gasteiger partial charge in [0, 0.05) is 45.2 Å². The lowest BCUT2D eigenvalue weighted by Gasteiger charge is -2.31. The number of aromatic nitrogens is 1. The summed E-state index contributed by atoms with van der Waals surface area (Å²) < 4.78 is 14.4. The molecule has 0 aliphatic carbocycles. The number of nitrogen functional groups attached to an aromatic ring is 1. The number of hydrogen-bond acceptors (Lipinski definition) is 9. The maximum Gasteiger partial charge on any atom is 0.273 e. The van der Waals surface area contributed by atoms with E-state index in [2.05, 4.69) is 9.69 Å². The molecule has 0 fully saturated rings. The number of amides is 3. The van der Waals surface area contributed by atoms with Gasteiger partial charge in [-0.1, -0.05) is 18.2 Å². The van der Waals surface area contributed by atoms with Crippen molar-refractivity contribution in [1.82, 2.24) is 9.69 Å². The van der Waals surface area contributed by atoms with Crippen LogP contribution in [-0.4, -0.2) is 63.6 Å². The number of ether oxygens (including phenoxy) is 2. The normalized spacial score (nSPS) is 11.5. The molecule has 2 aromatic carbocycles. The van der Waals surface area contributed by atoms with Gasteiger partial charge in [0.05, 0.1) is 19.4 Å². The summed E-state index contributed by atoms with van der Waals surface area (Å²) in [5.74, 6) is -1.44. The molecule has 1 aromatic heterocycles. The zero-order valence-corrected chi connectivity index (χ0v) is 21.9. The van der Waals surface area contributed by atoms with Crippen molar-refractivity contribution in [3.8, 4) is 5.75 Å². The molecule has 0 saturated carbocycles. The van der Waals surface area contributed by atoms with Crippen LogP contribution >= 0.6 is 11.5 Å². The highest BCUT2D eigenvalue weighted by Crippen LogP contribution is 2.35. The maximum absolute atomic E-state index is 14.0. The Morgan fingerprint density at radius 1 is 1.08 bits per heavy atom. The van der Waals surface area contributed by atoms with Gasteiger partial charge >= 0.3 is 0 Å². The van der Waals surface area contributed by atoms with Gasteiger partial charge in [-0.3, -0.25) is 19.3 Å². The van der Waals surface area contributed by atoms with Crippen molar-refractivity contribution >= 4 is 46.3 Å². The fourth-order valence-electron chi connectivity index (χ4n) is 3.63. The van der Waals surface area contributed by atoms with Crippen LogP contribution < -0.4 is 31.3 Å².